The fourth-order valence-corrected chi connectivity index (χ4v) is 3.62. The molecule has 39 heavy (non-hydrogen) atoms. The Morgan fingerprint density at radius 1 is 1.03 bits per heavy atom. The van der Waals surface area contributed by atoms with Crippen molar-refractivity contribution < 1.29 is 49.1 Å². The summed E-state index contributed by atoms with van der Waals surface area (Å²) < 4.78 is 5.56. The van der Waals surface area contributed by atoms with Crippen LogP contribution in [0, 0.1) is 5.92 Å². The molecule has 214 valence electrons. The number of aliphatic hydroxyl groups is 1. The molecule has 1 unspecified atom stereocenters. The molecule has 0 radical (unpaired) electrons. The number of carbonyl (C=O) groups is 5. The van der Waals surface area contributed by atoms with Gasteiger partial charge in [-0.2, -0.15) is 0 Å². The van der Waals surface area contributed by atoms with Crippen molar-refractivity contribution >= 4 is 29.6 Å². The standard InChI is InChI=1S/C28H37NO10/c1-4-7-20(30)8-5-6-9-22(28(38,27(36)37)17-24(31)32)25(33)29-23(26(34)35)16-19-10-12-21(13-11-19)39-15-14-18(2)3/h6,9-14,22-23,38H,4-5,7-8,15-17H2,1-3H3,(H,29,33)(H,31,32)(H,34,35)(H,36,37)/b9-6+/t22?,23-,28-/m0/s1. The highest BCUT2D eigenvalue weighted by Crippen LogP contribution is 2.25. The number of rotatable bonds is 18. The summed E-state index contributed by atoms with van der Waals surface area (Å²) in [5.41, 5.74) is -1.45. The summed E-state index contributed by atoms with van der Waals surface area (Å²) in [5.74, 6) is -7.70. The molecule has 1 rings (SSSR count). The Kier molecular flexibility index (Phi) is 13.6. The number of carboxylic acid groups (broad SMARTS) is 3. The number of allylic oxidation sites excluding steroid dienone is 2. The summed E-state index contributed by atoms with van der Waals surface area (Å²) in [6.45, 7) is 6.06. The third-order valence-corrected chi connectivity index (χ3v) is 5.75. The van der Waals surface area contributed by atoms with Crippen molar-refractivity contribution in [1.82, 2.24) is 5.32 Å². The van der Waals surface area contributed by atoms with Crippen molar-refractivity contribution in [3.05, 3.63) is 53.6 Å². The topological polar surface area (TPSA) is 188 Å². The smallest absolute Gasteiger partial charge is 0.337 e. The molecule has 5 N–H and O–H groups in total. The molecule has 11 heteroatoms. The Balaban J connectivity index is 3.13. The minimum Gasteiger partial charge on any atom is -0.490 e. The summed E-state index contributed by atoms with van der Waals surface area (Å²) in [6.07, 6.45) is 3.92. The summed E-state index contributed by atoms with van der Waals surface area (Å²) in [7, 11) is 0. The average molecular weight is 548 g/mol. The van der Waals surface area contributed by atoms with Gasteiger partial charge in [-0.15, -0.1) is 0 Å². The molecule has 0 saturated carbocycles. The third kappa shape index (κ3) is 11.5. The largest absolute Gasteiger partial charge is 0.490 e. The number of carbonyl (C=O) groups excluding carboxylic acids is 2. The Morgan fingerprint density at radius 2 is 1.67 bits per heavy atom. The molecule has 0 aliphatic rings. The molecule has 0 spiro atoms. The Labute approximate surface area is 227 Å². The predicted octanol–water partition coefficient (Wildman–Crippen LogP) is 2.76. The van der Waals surface area contributed by atoms with Gasteiger partial charge in [0, 0.05) is 19.3 Å². The summed E-state index contributed by atoms with van der Waals surface area (Å²) >= 11 is 0. The van der Waals surface area contributed by atoms with Crippen LogP contribution in [0.15, 0.2) is 48.1 Å². The summed E-state index contributed by atoms with van der Waals surface area (Å²) in [4.78, 5) is 60.0. The summed E-state index contributed by atoms with van der Waals surface area (Å²) in [6, 6.07) is 4.98. The Morgan fingerprint density at radius 3 is 2.18 bits per heavy atom. The Bertz CT molecular complexity index is 1070. The number of nitrogens with one attached hydrogen (secondary N) is 1. The minimum absolute atomic E-state index is 0.0542. The molecule has 0 fully saturated rings. The van der Waals surface area contributed by atoms with E-state index in [4.69, 9.17) is 9.84 Å². The van der Waals surface area contributed by atoms with E-state index in [0.29, 0.717) is 30.8 Å². The summed E-state index contributed by atoms with van der Waals surface area (Å²) in [5, 5.41) is 41.4. The molecule has 0 bridgehead atoms. The maximum Gasteiger partial charge on any atom is 0.337 e. The normalized spacial score (nSPS) is 14.1. The Hall–Kier alpha value is -3.99. The third-order valence-electron chi connectivity index (χ3n) is 5.75. The van der Waals surface area contributed by atoms with Gasteiger partial charge < -0.3 is 30.5 Å². The fourth-order valence-electron chi connectivity index (χ4n) is 3.62. The van der Waals surface area contributed by atoms with Gasteiger partial charge in [0.05, 0.1) is 12.3 Å². The van der Waals surface area contributed by atoms with Crippen molar-refractivity contribution in [3.63, 3.8) is 0 Å². The highest BCUT2D eigenvalue weighted by molar-refractivity contribution is 5.94. The lowest BCUT2D eigenvalue weighted by atomic mass is 9.82. The molecule has 0 aliphatic carbocycles. The van der Waals surface area contributed by atoms with E-state index in [-0.39, 0.29) is 25.0 Å². The van der Waals surface area contributed by atoms with Gasteiger partial charge in [-0.05, 0) is 50.5 Å². The van der Waals surface area contributed by atoms with E-state index in [1.807, 2.05) is 26.8 Å². The first-order valence-corrected chi connectivity index (χ1v) is 12.5. The van der Waals surface area contributed by atoms with Gasteiger partial charge in [-0.3, -0.25) is 14.4 Å². The second-order valence-electron chi connectivity index (χ2n) is 9.37. The maximum absolute atomic E-state index is 13.1. The molecule has 0 aliphatic heterocycles. The number of Topliss-reactive ketones (excluding diaryl/α,β-unsaturated/α-hetero) is 1. The van der Waals surface area contributed by atoms with Gasteiger partial charge in [-0.25, -0.2) is 9.59 Å². The van der Waals surface area contributed by atoms with Crippen LogP contribution in [0.4, 0.5) is 0 Å². The van der Waals surface area contributed by atoms with Crippen LogP contribution in [0.2, 0.25) is 0 Å². The quantitative estimate of drug-likeness (QED) is 0.171. The highest BCUT2D eigenvalue weighted by Gasteiger charge is 2.49. The number of hydrogen-bond donors (Lipinski definition) is 5. The zero-order chi connectivity index (χ0) is 29.6. The number of ketones is 1. The van der Waals surface area contributed by atoms with Crippen LogP contribution in [0.25, 0.3) is 0 Å². The first-order chi connectivity index (χ1) is 18.3. The monoisotopic (exact) mass is 547 g/mol. The van der Waals surface area contributed by atoms with E-state index >= 15 is 0 Å². The van der Waals surface area contributed by atoms with Crippen LogP contribution in [-0.4, -0.2) is 68.3 Å². The second-order valence-corrected chi connectivity index (χ2v) is 9.37. The van der Waals surface area contributed by atoms with Crippen LogP contribution in [0.3, 0.4) is 0 Å². The molecule has 1 aromatic rings. The molecular weight excluding hydrogens is 510 g/mol. The first-order valence-electron chi connectivity index (χ1n) is 12.5. The molecule has 3 atom stereocenters. The number of carboxylic acids is 3. The van der Waals surface area contributed by atoms with E-state index in [1.54, 1.807) is 24.3 Å². The average Bonchev–Trinajstić information content (AvgIpc) is 2.83. The van der Waals surface area contributed by atoms with Crippen molar-refractivity contribution in [2.24, 2.45) is 5.92 Å². The van der Waals surface area contributed by atoms with Crippen molar-refractivity contribution in [2.75, 3.05) is 6.61 Å². The number of amides is 1. The lowest BCUT2D eigenvalue weighted by molar-refractivity contribution is -0.172. The lowest BCUT2D eigenvalue weighted by Crippen LogP contribution is -2.55. The van der Waals surface area contributed by atoms with Crippen molar-refractivity contribution in [1.29, 1.82) is 0 Å². The maximum atomic E-state index is 13.1. The van der Waals surface area contributed by atoms with Crippen LogP contribution in [0.1, 0.15) is 58.4 Å². The second kappa shape index (κ2) is 16.1. The van der Waals surface area contributed by atoms with Gasteiger partial charge in [0.15, 0.2) is 5.60 Å². The van der Waals surface area contributed by atoms with Gasteiger partial charge >= 0.3 is 17.9 Å². The predicted molar refractivity (Wildman–Crippen MR) is 141 cm³/mol. The fraction of sp³-hybridized carbons (Fsp3) is 0.464. The van der Waals surface area contributed by atoms with E-state index in [1.165, 1.54) is 6.08 Å². The van der Waals surface area contributed by atoms with E-state index in [9.17, 15) is 39.3 Å². The van der Waals surface area contributed by atoms with E-state index in [0.717, 1.165) is 11.6 Å². The number of ether oxygens (including phenoxy) is 1. The number of aliphatic carboxylic acids is 3. The van der Waals surface area contributed by atoms with Gasteiger partial charge in [0.25, 0.3) is 0 Å². The first kappa shape index (κ1) is 33.0. The van der Waals surface area contributed by atoms with Crippen molar-refractivity contribution in [3.8, 4) is 5.75 Å². The highest BCUT2D eigenvalue weighted by atomic mass is 16.5. The number of benzene rings is 1. The lowest BCUT2D eigenvalue weighted by Gasteiger charge is -2.29. The SMILES string of the molecule is CCCC(=O)CC/C=C/C(C(=O)N[C@@H](Cc1ccc(OCC=C(C)C)cc1)C(=O)O)[C@@](O)(CC(=O)O)C(=O)O. The van der Waals surface area contributed by atoms with E-state index < -0.39 is 47.8 Å². The zero-order valence-corrected chi connectivity index (χ0v) is 22.4. The zero-order valence-electron chi connectivity index (χ0n) is 22.4. The minimum atomic E-state index is -3.06. The van der Waals surface area contributed by atoms with Crippen LogP contribution in [0.5, 0.6) is 5.75 Å². The van der Waals surface area contributed by atoms with Crippen LogP contribution < -0.4 is 10.1 Å². The molecule has 1 aromatic carbocycles. The number of hydrogen-bond acceptors (Lipinski definition) is 7. The van der Waals surface area contributed by atoms with Crippen LogP contribution >= 0.6 is 0 Å². The van der Waals surface area contributed by atoms with Gasteiger partial charge in [0.2, 0.25) is 5.91 Å². The van der Waals surface area contributed by atoms with Crippen LogP contribution in [-0.2, 0) is 30.4 Å². The van der Waals surface area contributed by atoms with Gasteiger partial charge in [0.1, 0.15) is 24.2 Å². The van der Waals surface area contributed by atoms with Crippen molar-refractivity contribution in [2.45, 2.75) is 70.9 Å². The van der Waals surface area contributed by atoms with E-state index in [2.05, 4.69) is 5.32 Å². The molecule has 0 heterocycles. The molecule has 11 nitrogen and oxygen atoms in total. The molecule has 0 saturated heterocycles. The molecule has 1 amide bonds. The molecular formula is C28H37NO10. The molecule has 0 aromatic heterocycles. The van der Waals surface area contributed by atoms with Gasteiger partial charge in [-0.1, -0.05) is 36.8 Å².